The maximum absolute atomic E-state index is 12.6. The molecule has 2 amide bonds. The van der Waals surface area contributed by atoms with Crippen LogP contribution in [0, 0.1) is 0 Å². The molecule has 28 heavy (non-hydrogen) atoms. The molecule has 1 fully saturated rings. The number of carbonyl (C=O) groups is 1. The lowest BCUT2D eigenvalue weighted by Gasteiger charge is -2.23. The van der Waals surface area contributed by atoms with E-state index in [9.17, 15) is 4.79 Å². The van der Waals surface area contributed by atoms with E-state index in [2.05, 4.69) is 5.32 Å². The fraction of sp³-hybridized carbons (Fsp3) is 0.500. The van der Waals surface area contributed by atoms with Gasteiger partial charge in [0.1, 0.15) is 11.5 Å². The van der Waals surface area contributed by atoms with E-state index < -0.39 is 0 Å². The minimum absolute atomic E-state index is 0.146. The molecule has 0 unspecified atom stereocenters. The zero-order valence-electron chi connectivity index (χ0n) is 16.6. The van der Waals surface area contributed by atoms with Crippen molar-refractivity contribution in [1.29, 1.82) is 0 Å². The molecule has 0 radical (unpaired) electrons. The highest BCUT2D eigenvalue weighted by atomic mass is 16.5. The molecule has 6 heteroatoms. The second kappa shape index (κ2) is 10.8. The first kappa shape index (κ1) is 20.3. The second-order valence-electron chi connectivity index (χ2n) is 7.18. The van der Waals surface area contributed by atoms with E-state index in [0.29, 0.717) is 32.3 Å². The van der Waals surface area contributed by atoms with Crippen molar-refractivity contribution in [3.05, 3.63) is 54.0 Å². The number of ether oxygens (including phenoxy) is 2. The molecule has 3 rings (SSSR count). The number of amides is 2. The summed E-state index contributed by atoms with van der Waals surface area (Å²) in [6, 6.07) is 11.5. The van der Waals surface area contributed by atoms with E-state index in [1.807, 2.05) is 36.4 Å². The Bertz CT molecular complexity index is 711. The number of carbonyl (C=O) groups excluding carboxylic acids is 1. The molecule has 0 bridgehead atoms. The molecule has 0 spiro atoms. The fourth-order valence-electron chi connectivity index (χ4n) is 3.44. The highest BCUT2D eigenvalue weighted by molar-refractivity contribution is 5.74. The summed E-state index contributed by atoms with van der Waals surface area (Å²) in [7, 11) is 1.63. The van der Waals surface area contributed by atoms with Crippen molar-refractivity contribution >= 4 is 6.03 Å². The summed E-state index contributed by atoms with van der Waals surface area (Å²) in [4.78, 5) is 14.3. The van der Waals surface area contributed by atoms with Gasteiger partial charge in [0.25, 0.3) is 0 Å². The van der Waals surface area contributed by atoms with E-state index in [0.717, 1.165) is 29.9 Å². The van der Waals surface area contributed by atoms with Crippen molar-refractivity contribution in [2.24, 2.45) is 0 Å². The molecule has 1 heterocycles. The van der Waals surface area contributed by atoms with Gasteiger partial charge in [0.05, 0.1) is 25.5 Å². The first-order valence-corrected chi connectivity index (χ1v) is 10.0. The van der Waals surface area contributed by atoms with Crippen molar-refractivity contribution < 1.29 is 18.7 Å². The van der Waals surface area contributed by atoms with Gasteiger partial charge in [-0.1, -0.05) is 18.6 Å². The third kappa shape index (κ3) is 6.30. The first-order chi connectivity index (χ1) is 13.7. The molecular weight excluding hydrogens is 356 g/mol. The van der Waals surface area contributed by atoms with E-state index in [1.165, 1.54) is 19.3 Å². The average Bonchev–Trinajstić information content (AvgIpc) is 3.23. The van der Waals surface area contributed by atoms with Crippen LogP contribution in [0.5, 0.6) is 5.75 Å². The van der Waals surface area contributed by atoms with Gasteiger partial charge in [-0.25, -0.2) is 4.79 Å². The topological polar surface area (TPSA) is 63.9 Å². The lowest BCUT2D eigenvalue weighted by Crippen LogP contribution is -2.40. The number of methoxy groups -OCH3 is 1. The fourth-order valence-corrected chi connectivity index (χ4v) is 3.44. The third-order valence-electron chi connectivity index (χ3n) is 4.98. The van der Waals surface area contributed by atoms with Crippen molar-refractivity contribution in [3.63, 3.8) is 0 Å². The summed E-state index contributed by atoms with van der Waals surface area (Å²) in [5.74, 6) is 1.62. The molecule has 1 N–H and O–H groups in total. The number of nitrogens with zero attached hydrogens (tertiary/aromatic N) is 1. The molecule has 1 saturated carbocycles. The lowest BCUT2D eigenvalue weighted by atomic mass is 9.98. The normalized spacial score (nSPS) is 14.6. The Balaban J connectivity index is 1.53. The largest absolute Gasteiger partial charge is 0.490 e. The van der Waals surface area contributed by atoms with Gasteiger partial charge in [0, 0.05) is 20.2 Å². The molecule has 0 saturated heterocycles. The quantitative estimate of drug-likeness (QED) is 0.696. The molecule has 1 aromatic heterocycles. The maximum atomic E-state index is 12.6. The number of hydrogen-bond donors (Lipinski definition) is 1. The highest BCUT2D eigenvalue weighted by Crippen LogP contribution is 2.24. The van der Waals surface area contributed by atoms with Gasteiger partial charge < -0.3 is 24.1 Å². The van der Waals surface area contributed by atoms with Crippen molar-refractivity contribution in [3.8, 4) is 5.75 Å². The van der Waals surface area contributed by atoms with Gasteiger partial charge in [-0.2, -0.15) is 0 Å². The van der Waals surface area contributed by atoms with Crippen LogP contribution in [0.1, 0.15) is 43.4 Å². The monoisotopic (exact) mass is 386 g/mol. The van der Waals surface area contributed by atoms with Crippen LogP contribution in [0.3, 0.4) is 0 Å². The first-order valence-electron chi connectivity index (χ1n) is 10.0. The van der Waals surface area contributed by atoms with Crippen LogP contribution < -0.4 is 10.1 Å². The molecule has 152 valence electrons. The Morgan fingerprint density at radius 3 is 2.82 bits per heavy atom. The minimum atomic E-state index is -0.146. The van der Waals surface area contributed by atoms with Crippen LogP contribution in [0.15, 0.2) is 47.1 Å². The smallest absolute Gasteiger partial charge is 0.318 e. The van der Waals surface area contributed by atoms with Crippen LogP contribution in [0.25, 0.3) is 0 Å². The maximum Gasteiger partial charge on any atom is 0.318 e. The van der Waals surface area contributed by atoms with E-state index in [-0.39, 0.29) is 6.03 Å². The van der Waals surface area contributed by atoms with Crippen LogP contribution in [-0.4, -0.2) is 37.3 Å². The average molecular weight is 386 g/mol. The van der Waals surface area contributed by atoms with Crippen LogP contribution >= 0.6 is 0 Å². The van der Waals surface area contributed by atoms with Crippen molar-refractivity contribution in [1.82, 2.24) is 10.2 Å². The number of benzene rings is 1. The number of nitrogens with one attached hydrogen (secondary N) is 1. The summed E-state index contributed by atoms with van der Waals surface area (Å²) < 4.78 is 16.6. The van der Waals surface area contributed by atoms with E-state index in [4.69, 9.17) is 13.9 Å². The zero-order chi connectivity index (χ0) is 19.6. The lowest BCUT2D eigenvalue weighted by molar-refractivity contribution is 0.142. The second-order valence-corrected chi connectivity index (χ2v) is 7.18. The Labute approximate surface area is 166 Å². The molecular formula is C22H30N2O4. The Hall–Kier alpha value is -2.47. The van der Waals surface area contributed by atoms with Crippen LogP contribution in [-0.2, 0) is 17.8 Å². The highest BCUT2D eigenvalue weighted by Gasteiger charge is 2.16. The SMILES string of the molecule is COCCN(Cc1ccco1)C(=O)NCc1cccc(OC2CCCCC2)c1. The summed E-state index contributed by atoms with van der Waals surface area (Å²) in [6.07, 6.45) is 7.98. The van der Waals surface area contributed by atoms with E-state index in [1.54, 1.807) is 18.3 Å². The Kier molecular flexibility index (Phi) is 7.79. The molecule has 0 atom stereocenters. The molecule has 0 aliphatic heterocycles. The molecule has 2 aromatic rings. The number of furan rings is 1. The third-order valence-corrected chi connectivity index (χ3v) is 4.98. The van der Waals surface area contributed by atoms with Gasteiger partial charge in [-0.15, -0.1) is 0 Å². The Morgan fingerprint density at radius 1 is 1.21 bits per heavy atom. The summed E-state index contributed by atoms with van der Waals surface area (Å²) in [5, 5.41) is 2.99. The van der Waals surface area contributed by atoms with Gasteiger partial charge >= 0.3 is 6.03 Å². The van der Waals surface area contributed by atoms with Crippen LogP contribution in [0.4, 0.5) is 4.79 Å². The summed E-state index contributed by atoms with van der Waals surface area (Å²) in [5.41, 5.74) is 1.02. The summed E-state index contributed by atoms with van der Waals surface area (Å²) in [6.45, 7) is 1.82. The zero-order valence-corrected chi connectivity index (χ0v) is 16.6. The number of hydrogen-bond acceptors (Lipinski definition) is 4. The van der Waals surface area contributed by atoms with Crippen molar-refractivity contribution in [2.75, 3.05) is 20.3 Å². The minimum Gasteiger partial charge on any atom is -0.490 e. The standard InChI is InChI=1S/C22H30N2O4/c1-26-14-12-24(17-21-11-6-13-27-21)22(25)23-16-18-7-5-10-20(15-18)28-19-8-3-2-4-9-19/h5-7,10-11,13,15,19H,2-4,8-9,12,14,16-17H2,1H3,(H,23,25). The number of rotatable bonds is 9. The van der Waals surface area contributed by atoms with E-state index >= 15 is 0 Å². The van der Waals surface area contributed by atoms with Crippen molar-refractivity contribution in [2.45, 2.75) is 51.3 Å². The molecule has 1 aliphatic rings. The van der Waals surface area contributed by atoms with Gasteiger partial charge in [-0.3, -0.25) is 0 Å². The van der Waals surface area contributed by atoms with Crippen LogP contribution in [0.2, 0.25) is 0 Å². The Morgan fingerprint density at radius 2 is 2.07 bits per heavy atom. The van der Waals surface area contributed by atoms with Gasteiger partial charge in [-0.05, 0) is 55.5 Å². The predicted molar refractivity (Wildman–Crippen MR) is 107 cm³/mol. The number of urea groups is 1. The molecule has 1 aliphatic carbocycles. The summed E-state index contributed by atoms with van der Waals surface area (Å²) >= 11 is 0. The molecule has 6 nitrogen and oxygen atoms in total. The van der Waals surface area contributed by atoms with Gasteiger partial charge in [0.15, 0.2) is 0 Å². The predicted octanol–water partition coefficient (Wildman–Crippen LogP) is 4.35. The molecule has 1 aromatic carbocycles. The van der Waals surface area contributed by atoms with Gasteiger partial charge in [0.2, 0.25) is 0 Å².